The van der Waals surface area contributed by atoms with Gasteiger partial charge in [0.25, 0.3) is 0 Å². The Morgan fingerprint density at radius 2 is 2.30 bits per heavy atom. The smallest absolute Gasteiger partial charge is 0.323 e. The van der Waals surface area contributed by atoms with E-state index < -0.39 is 0 Å². The molecule has 6 heteroatoms. The fraction of sp³-hybridized carbons (Fsp3) is 0.429. The second kappa shape index (κ2) is 5.46. The van der Waals surface area contributed by atoms with E-state index in [4.69, 9.17) is 5.73 Å². The largest absolute Gasteiger partial charge is 0.343 e. The van der Waals surface area contributed by atoms with E-state index in [-0.39, 0.29) is 17.0 Å². The van der Waals surface area contributed by atoms with Crippen LogP contribution in [0.4, 0.5) is 0 Å². The molecule has 3 N–H and O–H groups in total. The lowest BCUT2D eigenvalue weighted by molar-refractivity contribution is 0.580. The summed E-state index contributed by atoms with van der Waals surface area (Å²) in [5.41, 5.74) is 8.80. The average molecular weight is 290 g/mol. The molecule has 3 rings (SSSR count). The number of fused-ring (bicyclic) bond motifs is 1. The van der Waals surface area contributed by atoms with Crippen LogP contribution in [-0.4, -0.2) is 20.0 Å². The number of nitrogens with zero attached hydrogens (tertiary/aromatic N) is 2. The summed E-state index contributed by atoms with van der Waals surface area (Å²) < 4.78 is 1.65. The van der Waals surface area contributed by atoms with Gasteiger partial charge in [0.15, 0.2) is 5.16 Å². The van der Waals surface area contributed by atoms with Crippen molar-refractivity contribution in [3.63, 3.8) is 0 Å². The van der Waals surface area contributed by atoms with Crippen molar-refractivity contribution in [2.24, 2.45) is 5.73 Å². The molecule has 2 atom stereocenters. The predicted octanol–water partition coefficient (Wildman–Crippen LogP) is 1.70. The van der Waals surface area contributed by atoms with Crippen molar-refractivity contribution < 1.29 is 0 Å². The molecule has 0 aliphatic heterocycles. The fourth-order valence-corrected chi connectivity index (χ4v) is 3.94. The van der Waals surface area contributed by atoms with Crippen LogP contribution in [0, 0.1) is 0 Å². The van der Waals surface area contributed by atoms with E-state index in [1.165, 1.54) is 11.1 Å². The molecule has 0 spiro atoms. The maximum absolute atomic E-state index is 11.6. The number of rotatable bonds is 3. The highest BCUT2D eigenvalue weighted by Crippen LogP contribution is 2.37. The molecule has 1 aliphatic rings. The van der Waals surface area contributed by atoms with E-state index in [2.05, 4.69) is 28.4 Å². The normalized spacial score (nSPS) is 21.7. The summed E-state index contributed by atoms with van der Waals surface area (Å²) in [4.78, 5) is 11.6. The first-order valence-electron chi connectivity index (χ1n) is 6.86. The van der Waals surface area contributed by atoms with Crippen LogP contribution in [0.5, 0.6) is 0 Å². The molecule has 1 aliphatic carbocycles. The van der Waals surface area contributed by atoms with Crippen LogP contribution in [0.1, 0.15) is 30.5 Å². The standard InChI is InChI=1S/C14H18N4OS/c1-2-18-13(19)16-17-14(18)20-11-8-7-9-5-3-4-6-10(9)12(11)15/h3-6,11-12H,2,7-8,15H2,1H3,(H,16,19). The molecule has 106 valence electrons. The van der Waals surface area contributed by atoms with Gasteiger partial charge in [0.2, 0.25) is 0 Å². The highest BCUT2D eigenvalue weighted by molar-refractivity contribution is 7.99. The predicted molar refractivity (Wildman–Crippen MR) is 79.9 cm³/mol. The summed E-state index contributed by atoms with van der Waals surface area (Å²) >= 11 is 1.60. The SMILES string of the molecule is CCn1c(SC2CCc3ccccc3C2N)n[nH]c1=O. The van der Waals surface area contributed by atoms with Crippen LogP contribution in [0.25, 0.3) is 0 Å². The molecule has 2 aromatic rings. The van der Waals surface area contributed by atoms with Crippen LogP contribution >= 0.6 is 11.8 Å². The number of nitrogens with two attached hydrogens (primary N) is 1. The molecule has 0 amide bonds. The number of aromatic amines is 1. The average Bonchev–Trinajstić information content (AvgIpc) is 2.82. The van der Waals surface area contributed by atoms with Crippen molar-refractivity contribution in [2.45, 2.75) is 42.8 Å². The van der Waals surface area contributed by atoms with Crippen LogP contribution < -0.4 is 11.4 Å². The van der Waals surface area contributed by atoms with Crippen LogP contribution in [0.15, 0.2) is 34.2 Å². The molecule has 2 unspecified atom stereocenters. The summed E-state index contributed by atoms with van der Waals surface area (Å²) in [6, 6.07) is 8.32. The monoisotopic (exact) mass is 290 g/mol. The fourth-order valence-electron chi connectivity index (χ4n) is 2.70. The Morgan fingerprint density at radius 3 is 3.10 bits per heavy atom. The van der Waals surface area contributed by atoms with Gasteiger partial charge in [-0.15, -0.1) is 5.10 Å². The van der Waals surface area contributed by atoms with E-state index in [0.29, 0.717) is 6.54 Å². The molecule has 0 fully saturated rings. The van der Waals surface area contributed by atoms with Gasteiger partial charge >= 0.3 is 5.69 Å². The summed E-state index contributed by atoms with van der Waals surface area (Å²) in [5.74, 6) is 0. The Kier molecular flexibility index (Phi) is 3.67. The zero-order chi connectivity index (χ0) is 14.1. The van der Waals surface area contributed by atoms with Gasteiger partial charge in [-0.2, -0.15) is 0 Å². The van der Waals surface area contributed by atoms with Crippen molar-refractivity contribution in [3.8, 4) is 0 Å². The number of nitrogens with one attached hydrogen (secondary N) is 1. The summed E-state index contributed by atoms with van der Waals surface area (Å²) in [7, 11) is 0. The minimum absolute atomic E-state index is 0.0120. The molecular weight excluding hydrogens is 272 g/mol. The van der Waals surface area contributed by atoms with E-state index in [9.17, 15) is 4.79 Å². The Bertz CT molecular complexity index is 663. The zero-order valence-electron chi connectivity index (χ0n) is 11.4. The number of benzene rings is 1. The van der Waals surface area contributed by atoms with Gasteiger partial charge in [-0.05, 0) is 30.9 Å². The maximum atomic E-state index is 11.6. The molecule has 0 bridgehead atoms. The first-order chi connectivity index (χ1) is 9.70. The van der Waals surface area contributed by atoms with Gasteiger partial charge in [-0.3, -0.25) is 4.57 Å². The Morgan fingerprint density at radius 1 is 1.50 bits per heavy atom. The minimum Gasteiger partial charge on any atom is -0.323 e. The third kappa shape index (κ3) is 2.29. The van der Waals surface area contributed by atoms with Crippen molar-refractivity contribution in [1.29, 1.82) is 0 Å². The lowest BCUT2D eigenvalue weighted by Gasteiger charge is -2.30. The van der Waals surface area contributed by atoms with Crippen molar-refractivity contribution >= 4 is 11.8 Å². The van der Waals surface area contributed by atoms with Gasteiger partial charge in [0.1, 0.15) is 0 Å². The summed E-state index contributed by atoms with van der Waals surface area (Å²) in [5, 5.41) is 7.60. The highest BCUT2D eigenvalue weighted by Gasteiger charge is 2.28. The second-order valence-electron chi connectivity index (χ2n) is 4.98. The highest BCUT2D eigenvalue weighted by atomic mass is 32.2. The van der Waals surface area contributed by atoms with Crippen LogP contribution in [0.3, 0.4) is 0 Å². The molecule has 1 aromatic carbocycles. The summed E-state index contributed by atoms with van der Waals surface area (Å²) in [6.45, 7) is 2.56. The van der Waals surface area contributed by atoms with Gasteiger partial charge in [-0.1, -0.05) is 36.0 Å². The Balaban J connectivity index is 1.84. The molecule has 5 nitrogen and oxygen atoms in total. The number of H-pyrrole nitrogens is 1. The maximum Gasteiger partial charge on any atom is 0.343 e. The minimum atomic E-state index is -0.153. The third-order valence-electron chi connectivity index (χ3n) is 3.81. The van der Waals surface area contributed by atoms with Crippen LogP contribution in [-0.2, 0) is 13.0 Å². The van der Waals surface area contributed by atoms with Gasteiger partial charge < -0.3 is 5.73 Å². The van der Waals surface area contributed by atoms with Crippen LogP contribution in [0.2, 0.25) is 0 Å². The van der Waals surface area contributed by atoms with E-state index >= 15 is 0 Å². The number of thioether (sulfide) groups is 1. The molecular formula is C14H18N4OS. The Hall–Kier alpha value is -1.53. The molecule has 1 aromatic heterocycles. The quantitative estimate of drug-likeness (QED) is 0.902. The Labute approximate surface area is 121 Å². The van der Waals surface area contributed by atoms with Crippen molar-refractivity contribution in [2.75, 3.05) is 0 Å². The zero-order valence-corrected chi connectivity index (χ0v) is 12.2. The molecule has 0 radical (unpaired) electrons. The number of aryl methyl sites for hydroxylation is 1. The van der Waals surface area contributed by atoms with Gasteiger partial charge in [0, 0.05) is 17.8 Å². The van der Waals surface area contributed by atoms with Gasteiger partial charge in [-0.25, -0.2) is 9.89 Å². The van der Waals surface area contributed by atoms with E-state index in [1.807, 2.05) is 13.0 Å². The topological polar surface area (TPSA) is 76.7 Å². The lowest BCUT2D eigenvalue weighted by Crippen LogP contribution is -2.30. The molecule has 0 saturated heterocycles. The first-order valence-corrected chi connectivity index (χ1v) is 7.74. The van der Waals surface area contributed by atoms with Crippen molar-refractivity contribution in [3.05, 3.63) is 45.9 Å². The van der Waals surface area contributed by atoms with E-state index in [0.717, 1.165) is 18.0 Å². The van der Waals surface area contributed by atoms with E-state index in [1.54, 1.807) is 16.3 Å². The third-order valence-corrected chi connectivity index (χ3v) is 5.16. The van der Waals surface area contributed by atoms with Gasteiger partial charge in [0.05, 0.1) is 0 Å². The molecule has 20 heavy (non-hydrogen) atoms. The van der Waals surface area contributed by atoms with Crippen molar-refractivity contribution in [1.82, 2.24) is 14.8 Å². The molecule has 1 heterocycles. The second-order valence-corrected chi connectivity index (χ2v) is 6.18. The number of hydrogen-bond donors (Lipinski definition) is 2. The summed E-state index contributed by atoms with van der Waals surface area (Å²) in [6.07, 6.45) is 2.04. The number of aromatic nitrogens is 3. The number of hydrogen-bond acceptors (Lipinski definition) is 4. The lowest BCUT2D eigenvalue weighted by atomic mass is 9.88. The molecule has 0 saturated carbocycles. The first kappa shape index (κ1) is 13.5.